The third-order valence-electron chi connectivity index (χ3n) is 17.2. The van der Waals surface area contributed by atoms with Gasteiger partial charge in [-0.2, -0.15) is 0 Å². The van der Waals surface area contributed by atoms with E-state index in [1.54, 1.807) is 0 Å². The maximum absolute atomic E-state index is 2.87. The lowest BCUT2D eigenvalue weighted by atomic mass is 9.61. The Morgan fingerprint density at radius 2 is 0.894 bits per heavy atom. The van der Waals surface area contributed by atoms with Crippen LogP contribution in [0.15, 0.2) is 140 Å². The summed E-state index contributed by atoms with van der Waals surface area (Å²) in [7, 11) is 0. The first-order chi connectivity index (χ1) is 31.5. The van der Waals surface area contributed by atoms with Gasteiger partial charge in [-0.3, -0.25) is 0 Å². The van der Waals surface area contributed by atoms with Crippen LogP contribution in [0.3, 0.4) is 0 Å². The molecule has 0 bridgehead atoms. The SMILES string of the molecule is Cc1ccc2c(c1N(c1cc3c(cc1-c1ccc4c(c1)CCCC4)-c1ccccc1C3(c1ccccc1)c1ccccc1)c1c(C)ccc3c1C(C)(C)CCC3(C)C)C(C)(C)CCC2(C)C. The van der Waals surface area contributed by atoms with Gasteiger partial charge < -0.3 is 4.90 Å². The summed E-state index contributed by atoms with van der Waals surface area (Å²) in [6.07, 6.45) is 9.47. The highest BCUT2D eigenvalue weighted by atomic mass is 15.2. The van der Waals surface area contributed by atoms with Crippen molar-refractivity contribution >= 4 is 17.1 Å². The van der Waals surface area contributed by atoms with E-state index in [1.165, 1.54) is 138 Å². The molecule has 66 heavy (non-hydrogen) atoms. The number of anilines is 3. The summed E-state index contributed by atoms with van der Waals surface area (Å²) in [5, 5.41) is 0. The van der Waals surface area contributed by atoms with Crippen molar-refractivity contribution in [2.75, 3.05) is 4.90 Å². The van der Waals surface area contributed by atoms with Gasteiger partial charge in [0.05, 0.1) is 22.5 Å². The molecule has 0 heterocycles. The maximum atomic E-state index is 2.87. The molecule has 0 spiro atoms. The van der Waals surface area contributed by atoms with Crippen molar-refractivity contribution in [2.24, 2.45) is 0 Å². The van der Waals surface area contributed by atoms with E-state index in [0.29, 0.717) is 0 Å². The van der Waals surface area contributed by atoms with Crippen LogP contribution in [0, 0.1) is 13.8 Å². The molecule has 7 aromatic rings. The standard InChI is InChI=1S/C65H69N/c1-42-29-33-53-57(63(7,8)37-35-61(53,3)4)59(42)66(60-43(2)30-34-54-58(60)64(9,10)38-36-62(54,5)6)56-41-55-51(40-50(56)46-32-31-44-21-17-18-22-45(44)39-46)49-27-19-20-28-52(49)65(55,47-23-13-11-14-24-47)48-25-15-12-16-26-48/h11-16,19-20,23-34,39-41H,17-18,21-22,35-38H2,1-10H3. The zero-order valence-corrected chi connectivity index (χ0v) is 41.4. The van der Waals surface area contributed by atoms with Gasteiger partial charge in [-0.05, 0) is 182 Å². The molecule has 4 aliphatic carbocycles. The van der Waals surface area contributed by atoms with Gasteiger partial charge in [0.25, 0.3) is 0 Å². The molecule has 0 saturated carbocycles. The van der Waals surface area contributed by atoms with Crippen LogP contribution in [0.5, 0.6) is 0 Å². The first-order valence-electron chi connectivity index (χ1n) is 25.2. The third-order valence-corrected chi connectivity index (χ3v) is 17.2. The minimum Gasteiger partial charge on any atom is -0.309 e. The fraction of sp³-hybridized carbons (Fsp3) is 0.354. The van der Waals surface area contributed by atoms with E-state index < -0.39 is 5.41 Å². The zero-order chi connectivity index (χ0) is 46.0. The Morgan fingerprint density at radius 1 is 0.394 bits per heavy atom. The Bertz CT molecular complexity index is 2920. The van der Waals surface area contributed by atoms with Crippen molar-refractivity contribution in [1.82, 2.24) is 0 Å². The van der Waals surface area contributed by atoms with Crippen molar-refractivity contribution in [3.63, 3.8) is 0 Å². The summed E-state index contributed by atoms with van der Waals surface area (Å²) in [5.41, 5.74) is 25.8. The zero-order valence-electron chi connectivity index (χ0n) is 41.4. The van der Waals surface area contributed by atoms with Crippen LogP contribution in [0.25, 0.3) is 22.3 Å². The van der Waals surface area contributed by atoms with Crippen LogP contribution >= 0.6 is 0 Å². The van der Waals surface area contributed by atoms with E-state index in [4.69, 9.17) is 0 Å². The number of hydrogen-bond acceptors (Lipinski definition) is 1. The fourth-order valence-corrected chi connectivity index (χ4v) is 13.4. The van der Waals surface area contributed by atoms with Crippen molar-refractivity contribution in [3.8, 4) is 22.3 Å². The van der Waals surface area contributed by atoms with E-state index in [2.05, 4.69) is 214 Å². The van der Waals surface area contributed by atoms with Crippen LogP contribution < -0.4 is 4.90 Å². The van der Waals surface area contributed by atoms with E-state index in [9.17, 15) is 0 Å². The van der Waals surface area contributed by atoms with Gasteiger partial charge in [-0.15, -0.1) is 0 Å². The highest BCUT2D eigenvalue weighted by Gasteiger charge is 2.49. The molecule has 0 N–H and O–H groups in total. The molecule has 334 valence electrons. The number of fused-ring (bicyclic) bond motifs is 6. The largest absolute Gasteiger partial charge is 0.309 e. The van der Waals surface area contributed by atoms with Crippen LogP contribution in [0.1, 0.15) is 161 Å². The molecule has 7 aromatic carbocycles. The number of nitrogens with zero attached hydrogens (tertiary/aromatic N) is 1. The van der Waals surface area contributed by atoms with Gasteiger partial charge >= 0.3 is 0 Å². The highest BCUT2D eigenvalue weighted by molar-refractivity contribution is 5.99. The molecule has 0 saturated heterocycles. The lowest BCUT2D eigenvalue weighted by molar-refractivity contribution is 0.331. The topological polar surface area (TPSA) is 3.24 Å². The number of benzene rings is 7. The molecule has 0 radical (unpaired) electrons. The first kappa shape index (κ1) is 42.9. The van der Waals surface area contributed by atoms with Gasteiger partial charge in [0, 0.05) is 5.56 Å². The summed E-state index contributed by atoms with van der Waals surface area (Å²) >= 11 is 0. The van der Waals surface area contributed by atoms with Crippen LogP contribution in [0.2, 0.25) is 0 Å². The normalized spacial score (nSPS) is 18.9. The van der Waals surface area contributed by atoms with Crippen molar-refractivity contribution < 1.29 is 0 Å². The smallest absolute Gasteiger partial charge is 0.0714 e. The predicted octanol–water partition coefficient (Wildman–Crippen LogP) is 17.4. The minimum absolute atomic E-state index is 0.0429. The predicted molar refractivity (Wildman–Crippen MR) is 281 cm³/mol. The molecular formula is C65H69N. The molecule has 0 unspecified atom stereocenters. The molecule has 0 fully saturated rings. The van der Waals surface area contributed by atoms with Crippen molar-refractivity contribution in [1.29, 1.82) is 0 Å². The van der Waals surface area contributed by atoms with E-state index in [-0.39, 0.29) is 21.7 Å². The highest BCUT2D eigenvalue weighted by Crippen LogP contribution is 2.62. The maximum Gasteiger partial charge on any atom is 0.0714 e. The van der Waals surface area contributed by atoms with E-state index >= 15 is 0 Å². The van der Waals surface area contributed by atoms with Gasteiger partial charge in [-0.1, -0.05) is 183 Å². The van der Waals surface area contributed by atoms with Crippen LogP contribution in [-0.4, -0.2) is 0 Å². The third kappa shape index (κ3) is 6.38. The second kappa shape index (κ2) is 15.2. The monoisotopic (exact) mass is 864 g/mol. The Balaban J connectivity index is 1.36. The fourth-order valence-electron chi connectivity index (χ4n) is 13.4. The molecule has 1 nitrogen and oxygen atoms in total. The summed E-state index contributed by atoms with van der Waals surface area (Å²) in [5.74, 6) is 0. The average molecular weight is 864 g/mol. The Labute approximate surface area is 396 Å². The summed E-state index contributed by atoms with van der Waals surface area (Å²) in [6.45, 7) is 24.9. The Morgan fingerprint density at radius 3 is 1.45 bits per heavy atom. The number of aryl methyl sites for hydroxylation is 4. The molecular weight excluding hydrogens is 795 g/mol. The van der Waals surface area contributed by atoms with E-state index in [0.717, 1.165) is 19.3 Å². The second-order valence-corrected chi connectivity index (χ2v) is 23.3. The van der Waals surface area contributed by atoms with Crippen molar-refractivity contribution in [3.05, 3.63) is 206 Å². The minimum atomic E-state index is -0.540. The Kier molecular flexibility index (Phi) is 9.88. The second-order valence-electron chi connectivity index (χ2n) is 23.3. The molecule has 0 aromatic heterocycles. The average Bonchev–Trinajstić information content (AvgIpc) is 3.60. The van der Waals surface area contributed by atoms with Gasteiger partial charge in [0.1, 0.15) is 0 Å². The molecule has 1 heteroatoms. The molecule has 0 atom stereocenters. The molecule has 0 amide bonds. The lowest BCUT2D eigenvalue weighted by Gasteiger charge is -2.48. The summed E-state index contributed by atoms with van der Waals surface area (Å²) in [6, 6.07) is 54.9. The van der Waals surface area contributed by atoms with Crippen molar-refractivity contribution in [2.45, 2.75) is 148 Å². The Hall–Kier alpha value is -5.66. The number of rotatable bonds is 6. The summed E-state index contributed by atoms with van der Waals surface area (Å²) < 4.78 is 0. The molecule has 11 rings (SSSR count). The van der Waals surface area contributed by atoms with Crippen LogP contribution in [0.4, 0.5) is 17.1 Å². The quantitative estimate of drug-likeness (QED) is 0.161. The van der Waals surface area contributed by atoms with Crippen LogP contribution in [-0.2, 0) is 39.9 Å². The van der Waals surface area contributed by atoms with Gasteiger partial charge in [-0.25, -0.2) is 0 Å². The molecule has 0 aliphatic heterocycles. The summed E-state index contributed by atoms with van der Waals surface area (Å²) in [4.78, 5) is 2.87. The first-order valence-corrected chi connectivity index (χ1v) is 25.2. The van der Waals surface area contributed by atoms with Gasteiger partial charge in [0.2, 0.25) is 0 Å². The number of hydrogen-bond donors (Lipinski definition) is 0. The lowest BCUT2D eigenvalue weighted by Crippen LogP contribution is -2.38. The molecule has 4 aliphatic rings. The van der Waals surface area contributed by atoms with Gasteiger partial charge in [0.15, 0.2) is 0 Å². The van der Waals surface area contributed by atoms with E-state index in [1.807, 2.05) is 0 Å².